The second-order valence-electron chi connectivity index (χ2n) is 5.78. The summed E-state index contributed by atoms with van der Waals surface area (Å²) < 4.78 is 1.49. The minimum absolute atomic E-state index is 0.0683. The molecule has 1 aliphatic heterocycles. The summed E-state index contributed by atoms with van der Waals surface area (Å²) in [5, 5.41) is 22.7. The number of amides is 1. The minimum atomic E-state index is -1.02. The third-order valence-corrected chi connectivity index (χ3v) is 4.70. The number of benzene rings is 1. The number of nitrogens with one attached hydrogen (secondary N) is 1. The van der Waals surface area contributed by atoms with Gasteiger partial charge in [0, 0.05) is 37.3 Å². The number of phenolic OH excluding ortho intramolecular Hbond substituents is 1. The first-order chi connectivity index (χ1) is 11.4. The van der Waals surface area contributed by atoms with E-state index in [4.69, 9.17) is 11.6 Å². The highest BCUT2D eigenvalue weighted by molar-refractivity contribution is 6.37. The fourth-order valence-corrected chi connectivity index (χ4v) is 3.41. The zero-order chi connectivity index (χ0) is 17.4. The third kappa shape index (κ3) is 2.70. The van der Waals surface area contributed by atoms with E-state index in [0.29, 0.717) is 48.3 Å². The lowest BCUT2D eigenvalue weighted by molar-refractivity contribution is -0.136. The molecule has 1 amide bonds. The number of carbonyl (C=O) groups excluding carboxylic acids is 1. The lowest BCUT2D eigenvalue weighted by Gasteiger charge is -2.28. The Balaban J connectivity index is 2.20. The molecule has 2 aromatic rings. The lowest BCUT2D eigenvalue weighted by atomic mass is 10.1. The number of carboxylic acids is 1. The Bertz CT molecular complexity index is 825. The van der Waals surface area contributed by atoms with Gasteiger partial charge in [-0.3, -0.25) is 9.36 Å². The summed E-state index contributed by atoms with van der Waals surface area (Å²) in [5.74, 6) is -1.16. The molecule has 0 aliphatic carbocycles. The van der Waals surface area contributed by atoms with Gasteiger partial charge in [-0.15, -0.1) is 0 Å². The zero-order valence-electron chi connectivity index (χ0n) is 13.2. The van der Waals surface area contributed by atoms with Gasteiger partial charge in [0.25, 0.3) is 0 Å². The summed E-state index contributed by atoms with van der Waals surface area (Å²) in [6, 6.07) is 2.79. The number of aromatic hydroxyl groups is 1. The Morgan fingerprint density at radius 3 is 2.58 bits per heavy atom. The molecule has 0 bridgehead atoms. The van der Waals surface area contributed by atoms with Crippen molar-refractivity contribution in [2.75, 3.05) is 26.2 Å². The highest BCUT2D eigenvalue weighted by Crippen LogP contribution is 2.37. The Morgan fingerprint density at radius 2 is 1.96 bits per heavy atom. The van der Waals surface area contributed by atoms with Crippen LogP contribution in [0.4, 0.5) is 4.79 Å². The summed E-state index contributed by atoms with van der Waals surface area (Å²) in [4.78, 5) is 25.9. The number of piperazine rings is 1. The van der Waals surface area contributed by atoms with Crippen molar-refractivity contribution in [2.24, 2.45) is 0 Å². The van der Waals surface area contributed by atoms with Crippen LogP contribution in [0, 0.1) is 6.92 Å². The molecule has 3 N–H and O–H groups in total. The molecule has 0 spiro atoms. The number of aromatic nitrogens is 1. The van der Waals surface area contributed by atoms with Crippen LogP contribution >= 0.6 is 11.6 Å². The Hall–Kier alpha value is -2.25. The maximum atomic E-state index is 12.9. The van der Waals surface area contributed by atoms with Gasteiger partial charge in [0.1, 0.15) is 5.75 Å². The summed E-state index contributed by atoms with van der Waals surface area (Å²) in [6.45, 7) is 4.29. The highest BCUT2D eigenvalue weighted by Gasteiger charge is 2.26. The van der Waals surface area contributed by atoms with Crippen LogP contribution in [0.1, 0.15) is 11.3 Å². The Labute approximate surface area is 143 Å². The fourth-order valence-electron chi connectivity index (χ4n) is 3.14. The first-order valence-electron chi connectivity index (χ1n) is 7.65. The number of hydrogen-bond donors (Lipinski definition) is 3. The van der Waals surface area contributed by atoms with Gasteiger partial charge in [0.05, 0.1) is 17.0 Å². The Kier molecular flexibility index (Phi) is 4.38. The van der Waals surface area contributed by atoms with Crippen molar-refractivity contribution in [1.29, 1.82) is 0 Å². The molecule has 24 heavy (non-hydrogen) atoms. The molecule has 1 aromatic heterocycles. The average Bonchev–Trinajstić information content (AvgIpc) is 2.83. The van der Waals surface area contributed by atoms with Crippen LogP contribution in [0.3, 0.4) is 0 Å². The van der Waals surface area contributed by atoms with Gasteiger partial charge in [-0.25, -0.2) is 4.79 Å². The van der Waals surface area contributed by atoms with E-state index in [-0.39, 0.29) is 23.2 Å². The Morgan fingerprint density at radius 1 is 1.29 bits per heavy atom. The van der Waals surface area contributed by atoms with Gasteiger partial charge in [0.15, 0.2) is 0 Å². The van der Waals surface area contributed by atoms with Crippen LogP contribution in [0.5, 0.6) is 5.75 Å². The van der Waals surface area contributed by atoms with E-state index in [1.54, 1.807) is 17.9 Å². The number of halogens is 1. The molecular weight excluding hydrogens is 334 g/mol. The van der Waals surface area contributed by atoms with Crippen LogP contribution in [0.25, 0.3) is 10.9 Å². The summed E-state index contributed by atoms with van der Waals surface area (Å²) >= 11 is 6.20. The average molecular weight is 352 g/mol. The standard InChI is InChI=1S/C16H18ClN3O4/c1-9-10(8-13(22)23)14-11(2-3-12(21)15(14)17)20(9)16(24)19-6-4-18-5-7-19/h2-3,18,21H,4-8H2,1H3,(H,22,23). The monoisotopic (exact) mass is 351 g/mol. The molecule has 1 aliphatic rings. The van der Waals surface area contributed by atoms with Crippen molar-refractivity contribution in [3.63, 3.8) is 0 Å². The number of fused-ring (bicyclic) bond motifs is 1. The second-order valence-corrected chi connectivity index (χ2v) is 6.16. The van der Waals surface area contributed by atoms with E-state index in [1.165, 1.54) is 10.6 Å². The van der Waals surface area contributed by atoms with Gasteiger partial charge < -0.3 is 20.4 Å². The van der Waals surface area contributed by atoms with Crippen LogP contribution in [0.15, 0.2) is 12.1 Å². The number of nitrogens with zero attached hydrogens (tertiary/aromatic N) is 2. The highest BCUT2D eigenvalue weighted by atomic mass is 35.5. The number of hydrogen-bond acceptors (Lipinski definition) is 4. The topological polar surface area (TPSA) is 94.8 Å². The number of carboxylic acid groups (broad SMARTS) is 1. The zero-order valence-corrected chi connectivity index (χ0v) is 13.9. The van der Waals surface area contributed by atoms with Gasteiger partial charge in [-0.2, -0.15) is 0 Å². The van der Waals surface area contributed by atoms with Crippen LogP contribution < -0.4 is 5.32 Å². The fraction of sp³-hybridized carbons (Fsp3) is 0.375. The molecular formula is C16H18ClN3O4. The van der Waals surface area contributed by atoms with Crippen molar-refractivity contribution >= 4 is 34.5 Å². The van der Waals surface area contributed by atoms with E-state index >= 15 is 0 Å². The van der Waals surface area contributed by atoms with Gasteiger partial charge in [-0.1, -0.05) is 11.6 Å². The summed E-state index contributed by atoms with van der Waals surface area (Å²) in [6.07, 6.45) is -0.270. The van der Waals surface area contributed by atoms with Crippen molar-refractivity contribution in [3.8, 4) is 5.75 Å². The molecule has 3 rings (SSSR count). The number of carbonyl (C=O) groups is 2. The quantitative estimate of drug-likeness (QED) is 0.767. The smallest absolute Gasteiger partial charge is 0.328 e. The molecule has 0 atom stereocenters. The van der Waals surface area contributed by atoms with Gasteiger partial charge in [-0.05, 0) is 24.6 Å². The first-order valence-corrected chi connectivity index (χ1v) is 8.02. The predicted octanol–water partition coefficient (Wildman–Crippen LogP) is 1.81. The summed E-state index contributed by atoms with van der Waals surface area (Å²) in [7, 11) is 0. The molecule has 7 nitrogen and oxygen atoms in total. The molecule has 128 valence electrons. The molecule has 1 aromatic carbocycles. The van der Waals surface area contributed by atoms with Gasteiger partial charge in [0.2, 0.25) is 0 Å². The maximum absolute atomic E-state index is 12.9. The van der Waals surface area contributed by atoms with E-state index < -0.39 is 5.97 Å². The maximum Gasteiger partial charge on any atom is 0.328 e. The second kappa shape index (κ2) is 6.33. The van der Waals surface area contributed by atoms with Crippen molar-refractivity contribution < 1.29 is 19.8 Å². The van der Waals surface area contributed by atoms with E-state index in [9.17, 15) is 19.8 Å². The third-order valence-electron chi connectivity index (χ3n) is 4.32. The number of rotatable bonds is 2. The van der Waals surface area contributed by atoms with E-state index in [0.717, 1.165) is 0 Å². The largest absolute Gasteiger partial charge is 0.506 e. The number of aliphatic carboxylic acids is 1. The van der Waals surface area contributed by atoms with Crippen LogP contribution in [-0.4, -0.2) is 57.9 Å². The number of phenols is 1. The van der Waals surface area contributed by atoms with Crippen LogP contribution in [0.2, 0.25) is 5.02 Å². The lowest BCUT2D eigenvalue weighted by Crippen LogP contribution is -2.48. The molecule has 2 heterocycles. The SMILES string of the molecule is Cc1c(CC(=O)O)c2c(Cl)c(O)ccc2n1C(=O)N1CCNCC1. The van der Waals surface area contributed by atoms with Gasteiger partial charge >= 0.3 is 12.0 Å². The molecule has 1 fully saturated rings. The molecule has 0 radical (unpaired) electrons. The van der Waals surface area contributed by atoms with E-state index in [1.807, 2.05) is 0 Å². The summed E-state index contributed by atoms with van der Waals surface area (Å²) in [5.41, 5.74) is 1.49. The molecule has 0 unspecified atom stereocenters. The van der Waals surface area contributed by atoms with Crippen LogP contribution in [-0.2, 0) is 11.2 Å². The van der Waals surface area contributed by atoms with Crippen molar-refractivity contribution in [2.45, 2.75) is 13.3 Å². The van der Waals surface area contributed by atoms with E-state index in [2.05, 4.69) is 5.32 Å². The normalized spacial score (nSPS) is 15.0. The predicted molar refractivity (Wildman–Crippen MR) is 89.9 cm³/mol. The molecule has 1 saturated heterocycles. The molecule has 0 saturated carbocycles. The van der Waals surface area contributed by atoms with Crippen molar-refractivity contribution in [1.82, 2.24) is 14.8 Å². The molecule has 8 heteroatoms. The first kappa shape index (κ1) is 16.6. The van der Waals surface area contributed by atoms with Crippen molar-refractivity contribution in [3.05, 3.63) is 28.4 Å². The minimum Gasteiger partial charge on any atom is -0.506 e.